The van der Waals surface area contributed by atoms with E-state index in [4.69, 9.17) is 18.5 Å². The monoisotopic (exact) mass is 851 g/mol. The van der Waals surface area contributed by atoms with Gasteiger partial charge in [-0.05, 0) is 89.9 Å². The van der Waals surface area contributed by atoms with Gasteiger partial charge in [0, 0.05) is 12.8 Å². The Bertz CT molecular complexity index is 1250. The molecular formula is C48H85NO9P+. The Labute approximate surface area is 360 Å². The molecule has 2 N–H and O–H groups in total. The minimum absolute atomic E-state index is 0.0123. The fourth-order valence-corrected chi connectivity index (χ4v) is 6.35. The zero-order valence-electron chi connectivity index (χ0n) is 37.8. The Kier molecular flexibility index (Phi) is 37.8. The van der Waals surface area contributed by atoms with Gasteiger partial charge in [-0.3, -0.25) is 18.6 Å². The number of phosphoric acid groups is 1. The number of unbranched alkanes of at least 4 members (excludes halogenated alkanes) is 11. The van der Waals surface area contributed by atoms with E-state index in [0.29, 0.717) is 23.9 Å². The maximum atomic E-state index is 12.7. The van der Waals surface area contributed by atoms with Gasteiger partial charge in [0.2, 0.25) is 0 Å². The molecule has 0 radical (unpaired) electrons. The van der Waals surface area contributed by atoms with Crippen LogP contribution in [0.4, 0.5) is 0 Å². The van der Waals surface area contributed by atoms with Crippen LogP contribution in [0.3, 0.4) is 0 Å². The Morgan fingerprint density at radius 1 is 0.593 bits per heavy atom. The van der Waals surface area contributed by atoms with Crippen LogP contribution in [0.2, 0.25) is 0 Å². The summed E-state index contributed by atoms with van der Waals surface area (Å²) in [5.41, 5.74) is 0. The fraction of sp³-hybridized carbons (Fsp3) is 0.708. The number of likely N-dealkylation sites (N-methyl/N-ethyl adjacent to an activating group) is 1. The van der Waals surface area contributed by atoms with Crippen molar-refractivity contribution in [2.45, 2.75) is 174 Å². The van der Waals surface area contributed by atoms with Crippen molar-refractivity contribution in [3.8, 4) is 0 Å². The molecule has 0 aliphatic carbocycles. The zero-order valence-corrected chi connectivity index (χ0v) is 38.7. The maximum Gasteiger partial charge on any atom is 0.472 e. The first-order valence-electron chi connectivity index (χ1n) is 22.7. The van der Waals surface area contributed by atoms with Gasteiger partial charge in [-0.1, -0.05) is 132 Å². The standard InChI is InChI=1S/C48H84NO9P/c1-6-8-9-10-11-12-13-14-15-16-17-22-25-28-31-34-37-40-48(52)58-46(44-57-59(53,54)56-42-41-49(3,4)5)43-55-47(51)39-36-33-30-27-24-21-19-18-20-23-26-29-32-35-38-45(50)7-2/h11-12,14-15,19-21,23,27,29-30,32,45-46,50H,6-10,13,16-18,22,24-26,28,31,33-44H2,1-5H3/p+1/b12-11-,15-14-,21-19-,23-20-,30-27-,32-29-/t45-,46+/m0/s1. The number of allylic oxidation sites excluding steroid dienone is 12. The molecule has 1 unspecified atom stereocenters. The third-order valence-corrected chi connectivity index (χ3v) is 10.4. The van der Waals surface area contributed by atoms with Gasteiger partial charge >= 0.3 is 19.8 Å². The normalized spacial score (nSPS) is 14.8. The average molecular weight is 851 g/mol. The van der Waals surface area contributed by atoms with Crippen molar-refractivity contribution >= 4 is 19.8 Å². The highest BCUT2D eigenvalue weighted by atomic mass is 31.2. The van der Waals surface area contributed by atoms with Gasteiger partial charge < -0.3 is 24.0 Å². The molecule has 11 heteroatoms. The Morgan fingerprint density at radius 2 is 1.07 bits per heavy atom. The Balaban J connectivity index is 4.47. The number of hydrogen-bond acceptors (Lipinski definition) is 8. The number of ether oxygens (including phenoxy) is 2. The highest BCUT2D eigenvalue weighted by Crippen LogP contribution is 2.43. The van der Waals surface area contributed by atoms with Crippen molar-refractivity contribution in [1.29, 1.82) is 0 Å². The van der Waals surface area contributed by atoms with Gasteiger partial charge in [-0.25, -0.2) is 4.57 Å². The van der Waals surface area contributed by atoms with Crippen LogP contribution in [0.5, 0.6) is 0 Å². The molecule has 0 amide bonds. The number of rotatable bonds is 40. The number of aliphatic hydroxyl groups is 1. The summed E-state index contributed by atoms with van der Waals surface area (Å²) in [5, 5.41) is 9.57. The first kappa shape index (κ1) is 56.4. The minimum Gasteiger partial charge on any atom is -0.462 e. The second kappa shape index (κ2) is 39.5. The van der Waals surface area contributed by atoms with Crippen molar-refractivity contribution in [3.05, 3.63) is 72.9 Å². The molecule has 0 heterocycles. The molecule has 0 aromatic carbocycles. The molecule has 0 fully saturated rings. The fourth-order valence-electron chi connectivity index (χ4n) is 5.60. The number of esters is 2. The zero-order chi connectivity index (χ0) is 43.7. The molecule has 3 atom stereocenters. The molecule has 0 bridgehead atoms. The molecular weight excluding hydrogens is 766 g/mol. The van der Waals surface area contributed by atoms with Crippen molar-refractivity contribution in [2.24, 2.45) is 0 Å². The molecule has 0 aromatic heterocycles. The molecule has 0 aromatic rings. The van der Waals surface area contributed by atoms with Gasteiger partial charge in [-0.15, -0.1) is 0 Å². The third-order valence-electron chi connectivity index (χ3n) is 9.37. The first-order chi connectivity index (χ1) is 28.4. The summed E-state index contributed by atoms with van der Waals surface area (Å²) >= 11 is 0. The minimum atomic E-state index is -4.40. The summed E-state index contributed by atoms with van der Waals surface area (Å²) in [6, 6.07) is 0. The van der Waals surface area contributed by atoms with Crippen LogP contribution in [0.15, 0.2) is 72.9 Å². The Morgan fingerprint density at radius 3 is 1.61 bits per heavy atom. The van der Waals surface area contributed by atoms with Crippen LogP contribution < -0.4 is 0 Å². The van der Waals surface area contributed by atoms with Crippen molar-refractivity contribution in [3.63, 3.8) is 0 Å². The predicted octanol–water partition coefficient (Wildman–Crippen LogP) is 12.0. The number of carbonyl (C=O) groups excluding carboxylic acids is 2. The summed E-state index contributed by atoms with van der Waals surface area (Å²) in [7, 11) is 1.41. The topological polar surface area (TPSA) is 129 Å². The van der Waals surface area contributed by atoms with E-state index in [9.17, 15) is 24.2 Å². The number of phosphoric ester groups is 1. The van der Waals surface area contributed by atoms with Crippen molar-refractivity contribution in [1.82, 2.24) is 0 Å². The highest BCUT2D eigenvalue weighted by Gasteiger charge is 2.27. The van der Waals surface area contributed by atoms with E-state index in [1.807, 2.05) is 34.1 Å². The molecule has 0 rings (SSSR count). The molecule has 0 saturated carbocycles. The summed E-state index contributed by atoms with van der Waals surface area (Å²) in [6.45, 7) is 4.02. The van der Waals surface area contributed by atoms with E-state index in [1.54, 1.807) is 0 Å². The molecule has 340 valence electrons. The van der Waals surface area contributed by atoms with Gasteiger partial charge in [0.25, 0.3) is 0 Å². The number of nitrogens with zero attached hydrogens (tertiary/aromatic N) is 1. The second-order valence-corrected chi connectivity index (χ2v) is 17.7. The van der Waals surface area contributed by atoms with E-state index < -0.39 is 32.5 Å². The third kappa shape index (κ3) is 43.3. The average Bonchev–Trinajstić information content (AvgIpc) is 3.19. The van der Waals surface area contributed by atoms with Crippen LogP contribution in [-0.4, -0.2) is 86.1 Å². The maximum absolute atomic E-state index is 12.7. The number of hydrogen-bond donors (Lipinski definition) is 2. The summed E-state index contributed by atoms with van der Waals surface area (Å²) in [5.74, 6) is -0.897. The SMILES string of the molecule is CCCCC/C=C\C/C=C\CCCCCCCCCC(=O)O[C@H](COC(=O)CCC/C=C\C/C=C\C/C=C\C/C=C\CC[C@@H](O)CC)COP(=O)(O)OCC[N+](C)(C)C. The van der Waals surface area contributed by atoms with Crippen LogP contribution in [0, 0.1) is 0 Å². The molecule has 0 aliphatic heterocycles. The van der Waals surface area contributed by atoms with Crippen LogP contribution in [0.25, 0.3) is 0 Å². The van der Waals surface area contributed by atoms with E-state index in [2.05, 4.69) is 73.8 Å². The molecule has 59 heavy (non-hydrogen) atoms. The highest BCUT2D eigenvalue weighted by molar-refractivity contribution is 7.47. The largest absolute Gasteiger partial charge is 0.472 e. The van der Waals surface area contributed by atoms with Crippen molar-refractivity contribution in [2.75, 3.05) is 47.5 Å². The number of carbonyl (C=O) groups is 2. The van der Waals surface area contributed by atoms with Gasteiger partial charge in [-0.2, -0.15) is 0 Å². The summed E-state index contributed by atoms with van der Waals surface area (Å²) in [6.07, 6.45) is 46.1. The quantitative estimate of drug-likeness (QED) is 0.0203. The summed E-state index contributed by atoms with van der Waals surface area (Å²) in [4.78, 5) is 35.4. The Hall–Kier alpha value is -2.59. The second-order valence-electron chi connectivity index (χ2n) is 16.2. The van der Waals surface area contributed by atoms with Crippen LogP contribution in [0.1, 0.15) is 162 Å². The lowest BCUT2D eigenvalue weighted by molar-refractivity contribution is -0.870. The van der Waals surface area contributed by atoms with E-state index in [0.717, 1.165) is 77.0 Å². The molecule has 0 saturated heterocycles. The predicted molar refractivity (Wildman–Crippen MR) is 244 cm³/mol. The lowest BCUT2D eigenvalue weighted by atomic mass is 10.1. The van der Waals surface area contributed by atoms with Gasteiger partial charge in [0.1, 0.15) is 19.8 Å². The van der Waals surface area contributed by atoms with Gasteiger partial charge in [0.05, 0.1) is 33.9 Å². The van der Waals surface area contributed by atoms with E-state index in [1.165, 1.54) is 44.9 Å². The smallest absolute Gasteiger partial charge is 0.462 e. The summed E-state index contributed by atoms with van der Waals surface area (Å²) < 4.78 is 34.2. The number of aliphatic hydroxyl groups excluding tert-OH is 1. The van der Waals surface area contributed by atoms with Gasteiger partial charge in [0.15, 0.2) is 6.10 Å². The molecule has 10 nitrogen and oxygen atoms in total. The lowest BCUT2D eigenvalue weighted by Gasteiger charge is -2.24. The number of quaternary nitrogens is 1. The molecule has 0 spiro atoms. The van der Waals surface area contributed by atoms with Crippen molar-refractivity contribution < 1.29 is 47.2 Å². The lowest BCUT2D eigenvalue weighted by Crippen LogP contribution is -2.37. The molecule has 0 aliphatic rings. The van der Waals surface area contributed by atoms with Crippen LogP contribution in [-0.2, 0) is 32.7 Å². The van der Waals surface area contributed by atoms with Crippen LogP contribution >= 0.6 is 7.82 Å². The van der Waals surface area contributed by atoms with E-state index in [-0.39, 0.29) is 32.2 Å². The first-order valence-corrected chi connectivity index (χ1v) is 24.2. The van der Waals surface area contributed by atoms with E-state index >= 15 is 0 Å².